The summed E-state index contributed by atoms with van der Waals surface area (Å²) in [5.41, 5.74) is 0. The van der Waals surface area contributed by atoms with Gasteiger partial charge in [0.1, 0.15) is 6.10 Å². The second-order valence-corrected chi connectivity index (χ2v) is 3.00. The average Bonchev–Trinajstić information content (AvgIpc) is 1.88. The van der Waals surface area contributed by atoms with Crippen LogP contribution in [0.25, 0.3) is 0 Å². The molecule has 0 aliphatic carbocycles. The van der Waals surface area contributed by atoms with Gasteiger partial charge < -0.3 is 5.11 Å². The van der Waals surface area contributed by atoms with Crippen molar-refractivity contribution in [2.75, 3.05) is 0 Å². The summed E-state index contributed by atoms with van der Waals surface area (Å²) >= 11 is 0. The van der Waals surface area contributed by atoms with Gasteiger partial charge in [-0.15, -0.1) is 0 Å². The summed E-state index contributed by atoms with van der Waals surface area (Å²) in [4.78, 5) is 9.91. The van der Waals surface area contributed by atoms with Crippen molar-refractivity contribution in [3.63, 3.8) is 0 Å². The molecule has 2 atom stereocenters. The van der Waals surface area contributed by atoms with Crippen molar-refractivity contribution in [1.82, 2.24) is 0 Å². The van der Waals surface area contributed by atoms with Crippen molar-refractivity contribution < 1.29 is 10.0 Å². The van der Waals surface area contributed by atoms with Gasteiger partial charge in [0.15, 0.2) is 0 Å². The van der Waals surface area contributed by atoms with Gasteiger partial charge >= 0.3 is 0 Å². The van der Waals surface area contributed by atoms with E-state index in [0.717, 1.165) is 0 Å². The topological polar surface area (TPSA) is 63.4 Å². The maximum Gasteiger partial charge on any atom is 0.238 e. The van der Waals surface area contributed by atoms with Gasteiger partial charge in [0.05, 0.1) is 0 Å². The Hall–Kier alpha value is -0.640. The molecular formula is C7H15NO3. The first-order chi connectivity index (χ1) is 5.00. The number of hydrogen-bond donors (Lipinski definition) is 1. The van der Waals surface area contributed by atoms with Crippen LogP contribution in [-0.4, -0.2) is 22.2 Å². The Labute approximate surface area is 66.4 Å². The Morgan fingerprint density at radius 1 is 1.55 bits per heavy atom. The van der Waals surface area contributed by atoms with Gasteiger partial charge in [0, 0.05) is 11.3 Å². The maximum atomic E-state index is 10.3. The monoisotopic (exact) mass is 161 g/mol. The highest BCUT2D eigenvalue weighted by Gasteiger charge is 2.29. The number of nitro groups is 1. The van der Waals surface area contributed by atoms with Crippen LogP contribution in [0.4, 0.5) is 0 Å². The summed E-state index contributed by atoms with van der Waals surface area (Å²) in [6.07, 6.45) is -0.443. The zero-order valence-electron chi connectivity index (χ0n) is 7.15. The lowest BCUT2D eigenvalue weighted by molar-refractivity contribution is -0.536. The molecule has 66 valence electrons. The molecule has 0 spiro atoms. The number of nitrogens with zero attached hydrogens (tertiary/aromatic N) is 1. The summed E-state index contributed by atoms with van der Waals surface area (Å²) in [5.74, 6) is -0.0506. The molecule has 0 aliphatic heterocycles. The van der Waals surface area contributed by atoms with E-state index in [1.165, 1.54) is 0 Å². The van der Waals surface area contributed by atoms with Gasteiger partial charge in [-0.05, 0) is 5.92 Å². The molecule has 0 heterocycles. The normalized spacial score (nSPS) is 16.5. The van der Waals surface area contributed by atoms with E-state index in [9.17, 15) is 15.2 Å². The SMILES string of the molecule is CC[C@@H]([C@H](O)C(C)C)[N+](=O)[O-]. The van der Waals surface area contributed by atoms with E-state index in [0.29, 0.717) is 6.42 Å². The molecule has 0 fully saturated rings. The minimum absolute atomic E-state index is 0.0506. The molecule has 4 heteroatoms. The summed E-state index contributed by atoms with van der Waals surface area (Å²) in [6, 6.07) is -0.810. The van der Waals surface area contributed by atoms with Crippen molar-refractivity contribution >= 4 is 0 Å². The summed E-state index contributed by atoms with van der Waals surface area (Å²) < 4.78 is 0. The zero-order valence-corrected chi connectivity index (χ0v) is 7.15. The highest BCUT2D eigenvalue weighted by Crippen LogP contribution is 2.11. The van der Waals surface area contributed by atoms with E-state index in [1.807, 2.05) is 0 Å². The first-order valence-electron chi connectivity index (χ1n) is 3.82. The van der Waals surface area contributed by atoms with Gasteiger partial charge in [0.2, 0.25) is 6.04 Å². The second kappa shape index (κ2) is 4.28. The van der Waals surface area contributed by atoms with Crippen LogP contribution in [0.3, 0.4) is 0 Å². The molecule has 0 saturated heterocycles. The average molecular weight is 161 g/mol. The van der Waals surface area contributed by atoms with Crippen LogP contribution in [0.15, 0.2) is 0 Å². The molecule has 0 unspecified atom stereocenters. The van der Waals surface area contributed by atoms with E-state index in [1.54, 1.807) is 20.8 Å². The lowest BCUT2D eigenvalue weighted by Gasteiger charge is -2.17. The molecule has 0 bridgehead atoms. The molecule has 0 saturated carbocycles. The van der Waals surface area contributed by atoms with E-state index < -0.39 is 17.1 Å². The summed E-state index contributed by atoms with van der Waals surface area (Å²) in [6.45, 7) is 5.26. The Kier molecular flexibility index (Phi) is 4.03. The molecule has 1 N–H and O–H groups in total. The number of hydrogen-bond acceptors (Lipinski definition) is 3. The summed E-state index contributed by atoms with van der Waals surface area (Å²) in [7, 11) is 0. The van der Waals surface area contributed by atoms with Crippen molar-refractivity contribution in [2.45, 2.75) is 39.3 Å². The Morgan fingerprint density at radius 3 is 2.09 bits per heavy atom. The van der Waals surface area contributed by atoms with E-state index in [-0.39, 0.29) is 5.92 Å². The van der Waals surface area contributed by atoms with Gasteiger partial charge in [0.25, 0.3) is 0 Å². The minimum Gasteiger partial charge on any atom is -0.386 e. The largest absolute Gasteiger partial charge is 0.386 e. The Morgan fingerprint density at radius 2 is 2.00 bits per heavy atom. The third kappa shape index (κ3) is 2.84. The molecule has 0 aliphatic rings. The highest BCUT2D eigenvalue weighted by molar-refractivity contribution is 4.69. The van der Waals surface area contributed by atoms with Crippen LogP contribution in [0, 0.1) is 16.0 Å². The molecule has 0 rings (SSSR count). The van der Waals surface area contributed by atoms with Crippen LogP contribution < -0.4 is 0 Å². The zero-order chi connectivity index (χ0) is 9.02. The third-order valence-electron chi connectivity index (χ3n) is 1.77. The fourth-order valence-electron chi connectivity index (χ4n) is 0.960. The number of aliphatic hydroxyl groups is 1. The second-order valence-electron chi connectivity index (χ2n) is 3.00. The molecule has 0 aromatic heterocycles. The maximum absolute atomic E-state index is 10.3. The van der Waals surface area contributed by atoms with Crippen molar-refractivity contribution in [3.05, 3.63) is 10.1 Å². The van der Waals surface area contributed by atoms with E-state index >= 15 is 0 Å². The third-order valence-corrected chi connectivity index (χ3v) is 1.77. The fourth-order valence-corrected chi connectivity index (χ4v) is 0.960. The first kappa shape index (κ1) is 10.4. The fraction of sp³-hybridized carbons (Fsp3) is 1.00. The predicted molar refractivity (Wildman–Crippen MR) is 41.9 cm³/mol. The van der Waals surface area contributed by atoms with Crippen molar-refractivity contribution in [1.29, 1.82) is 0 Å². The molecule has 0 aromatic rings. The van der Waals surface area contributed by atoms with E-state index in [2.05, 4.69) is 0 Å². The molecule has 0 radical (unpaired) electrons. The molecule has 0 amide bonds. The predicted octanol–water partition coefficient (Wildman–Crippen LogP) is 1.06. The molecule has 4 nitrogen and oxygen atoms in total. The smallest absolute Gasteiger partial charge is 0.238 e. The van der Waals surface area contributed by atoms with Crippen LogP contribution in [-0.2, 0) is 0 Å². The van der Waals surface area contributed by atoms with E-state index in [4.69, 9.17) is 0 Å². The lowest BCUT2D eigenvalue weighted by Crippen LogP contribution is -2.36. The number of rotatable bonds is 4. The van der Waals surface area contributed by atoms with Gasteiger partial charge in [-0.1, -0.05) is 20.8 Å². The van der Waals surface area contributed by atoms with Gasteiger partial charge in [-0.25, -0.2) is 0 Å². The first-order valence-corrected chi connectivity index (χ1v) is 3.82. The van der Waals surface area contributed by atoms with Crippen LogP contribution in [0.2, 0.25) is 0 Å². The molecule has 11 heavy (non-hydrogen) atoms. The van der Waals surface area contributed by atoms with Crippen LogP contribution >= 0.6 is 0 Å². The van der Waals surface area contributed by atoms with Crippen molar-refractivity contribution in [3.8, 4) is 0 Å². The molecule has 0 aromatic carbocycles. The number of aliphatic hydroxyl groups excluding tert-OH is 1. The molecular weight excluding hydrogens is 146 g/mol. The summed E-state index contributed by atoms with van der Waals surface area (Å²) in [5, 5.41) is 19.6. The van der Waals surface area contributed by atoms with Crippen LogP contribution in [0.5, 0.6) is 0 Å². The Balaban J connectivity index is 4.14. The quantitative estimate of drug-likeness (QED) is 0.495. The van der Waals surface area contributed by atoms with Crippen molar-refractivity contribution in [2.24, 2.45) is 5.92 Å². The van der Waals surface area contributed by atoms with Crippen LogP contribution in [0.1, 0.15) is 27.2 Å². The minimum atomic E-state index is -0.824. The Bertz CT molecular complexity index is 136. The van der Waals surface area contributed by atoms with Gasteiger partial charge in [-0.2, -0.15) is 0 Å². The highest BCUT2D eigenvalue weighted by atomic mass is 16.6. The lowest BCUT2D eigenvalue weighted by atomic mass is 9.98. The standard InChI is InChI=1S/C7H15NO3/c1-4-6(8(10)11)7(9)5(2)3/h5-7,9H,4H2,1-3H3/t6-,7+/m0/s1. The van der Waals surface area contributed by atoms with Gasteiger partial charge in [-0.3, -0.25) is 10.1 Å².